The van der Waals surface area contributed by atoms with Gasteiger partial charge in [-0.25, -0.2) is 11.9 Å². The van der Waals surface area contributed by atoms with E-state index in [2.05, 4.69) is 59.0 Å². The molecule has 238 valence electrons. The number of pyridine rings is 1. The smallest absolute Gasteiger partial charge is 0.319 e. The fourth-order valence-corrected chi connectivity index (χ4v) is 8.93. The zero-order valence-electron chi connectivity index (χ0n) is 25.8. The second kappa shape index (κ2) is 11.8. The van der Waals surface area contributed by atoms with Crippen molar-refractivity contribution in [1.82, 2.24) is 28.3 Å². The van der Waals surface area contributed by atoms with Crippen molar-refractivity contribution in [2.45, 2.75) is 62.2 Å². The molecule has 2 aromatic heterocycles. The van der Waals surface area contributed by atoms with Gasteiger partial charge in [0.1, 0.15) is 29.5 Å². The molecule has 11 heteroatoms. The molecule has 4 fully saturated rings. The van der Waals surface area contributed by atoms with Gasteiger partial charge < -0.3 is 15.0 Å². The number of terminal acetylenes is 1. The molecule has 2 aromatic carbocycles. The normalized spacial score (nSPS) is 25.9. The van der Waals surface area contributed by atoms with Gasteiger partial charge in [-0.15, -0.1) is 6.42 Å². The number of anilines is 1. The quantitative estimate of drug-likeness (QED) is 0.147. The Balaban J connectivity index is 1.22. The predicted octanol–water partition coefficient (Wildman–Crippen LogP) is 5.70. The molecule has 0 saturated carbocycles. The molecule has 4 aliphatic heterocycles. The summed E-state index contributed by atoms with van der Waals surface area (Å²) in [4.78, 5) is 19.1. The van der Waals surface area contributed by atoms with Crippen molar-refractivity contribution in [2.24, 2.45) is 0 Å². The van der Waals surface area contributed by atoms with E-state index in [-0.39, 0.29) is 28.3 Å². The van der Waals surface area contributed by atoms with Gasteiger partial charge in [-0.2, -0.15) is 9.97 Å². The first-order chi connectivity index (χ1) is 22.3. The Morgan fingerprint density at radius 2 is 1.96 bits per heavy atom. The minimum absolute atomic E-state index is 0.0649. The van der Waals surface area contributed by atoms with E-state index in [4.69, 9.17) is 21.1 Å². The highest BCUT2D eigenvalue weighted by atomic mass is 127. The average molecular weight is 736 g/mol. The zero-order valence-corrected chi connectivity index (χ0v) is 27.9. The van der Waals surface area contributed by atoms with Gasteiger partial charge in [0.05, 0.1) is 16.5 Å². The molecule has 8 nitrogen and oxygen atoms in total. The number of hydrogen-bond acceptors (Lipinski definition) is 8. The van der Waals surface area contributed by atoms with Crippen molar-refractivity contribution in [3.8, 4) is 29.6 Å². The Hall–Kier alpha value is -3.18. The molecular weight excluding hydrogens is 699 g/mol. The summed E-state index contributed by atoms with van der Waals surface area (Å²) in [5.74, 6) is 1.97. The van der Waals surface area contributed by atoms with Crippen LogP contribution >= 0.6 is 22.9 Å². The number of aromatic nitrogens is 3. The summed E-state index contributed by atoms with van der Waals surface area (Å²) in [5, 5.41) is 5.36. The second-order valence-electron chi connectivity index (χ2n) is 13.3. The highest BCUT2D eigenvalue weighted by Gasteiger charge is 2.50. The molecule has 4 aliphatic rings. The number of piperazine rings is 1. The van der Waals surface area contributed by atoms with Crippen LogP contribution in [0.2, 0.25) is 0 Å². The molecule has 0 spiro atoms. The molecular formula is C35H36F2IN7O. The van der Waals surface area contributed by atoms with Gasteiger partial charge in [0.25, 0.3) is 0 Å². The maximum Gasteiger partial charge on any atom is 0.319 e. The first-order valence-corrected chi connectivity index (χ1v) is 17.1. The third-order valence-electron chi connectivity index (χ3n) is 10.5. The average Bonchev–Trinajstić information content (AvgIpc) is 3.73. The Labute approximate surface area is 281 Å². The van der Waals surface area contributed by atoms with Crippen LogP contribution in [0.1, 0.15) is 44.1 Å². The van der Waals surface area contributed by atoms with Crippen molar-refractivity contribution < 1.29 is 13.5 Å². The molecule has 4 aromatic rings. The van der Waals surface area contributed by atoms with Crippen molar-refractivity contribution in [1.29, 1.82) is 0 Å². The van der Waals surface area contributed by atoms with E-state index in [1.165, 1.54) is 6.07 Å². The second-order valence-corrected chi connectivity index (χ2v) is 15.0. The van der Waals surface area contributed by atoms with E-state index >= 15 is 4.39 Å². The number of benzene rings is 2. The molecule has 0 aliphatic carbocycles. The first kappa shape index (κ1) is 30.2. The molecule has 2 bridgehead atoms. The van der Waals surface area contributed by atoms with Gasteiger partial charge in [-0.1, -0.05) is 30.2 Å². The fourth-order valence-electron chi connectivity index (χ4n) is 8.47. The van der Waals surface area contributed by atoms with E-state index in [0.29, 0.717) is 52.3 Å². The van der Waals surface area contributed by atoms with Gasteiger partial charge in [-0.3, -0.25) is 9.88 Å². The van der Waals surface area contributed by atoms with E-state index in [1.54, 1.807) is 24.4 Å². The van der Waals surface area contributed by atoms with Gasteiger partial charge in [0.15, 0.2) is 5.82 Å². The Morgan fingerprint density at radius 1 is 1.13 bits per heavy atom. The number of ether oxygens (including phenoxy) is 1. The Bertz CT molecular complexity index is 1870. The third-order valence-corrected chi connectivity index (χ3v) is 10.9. The predicted molar refractivity (Wildman–Crippen MR) is 184 cm³/mol. The number of rotatable bonds is 7. The Morgan fingerprint density at radius 3 is 2.74 bits per heavy atom. The summed E-state index contributed by atoms with van der Waals surface area (Å²) in [6.45, 7) is 4.05. The molecule has 6 heterocycles. The standard InChI is InChI=1S/C35H36F2IN7O/c1-3-25-28(36)11-8-21-6-4-7-26(29(21)25)31-30(37)32-27(16-39-31)33(44-17-22-9-10-23(18-44)40-22)42-34(41-32)46-20-35-13-5-15-45(35)24(12-14-35)19-43(2)38/h1,4,6-8,11,16,22-24,40H,5,9-10,12-15,17-20H2,2H3/t22?,23?,24-,35-/m0/s1. The SMILES string of the molecule is C#Cc1c(F)ccc2cccc(-c3ncc4c(N5CC6CCC(C5)N6)nc(OC[C@@]56CCCN5[C@H](CN(C)I)CC6)nc4c3F)c12. The lowest BCUT2D eigenvalue weighted by Gasteiger charge is -2.36. The van der Waals surface area contributed by atoms with Gasteiger partial charge in [0, 0.05) is 77.8 Å². The Kier molecular flexibility index (Phi) is 7.75. The summed E-state index contributed by atoms with van der Waals surface area (Å²) in [7, 11) is 2.11. The molecule has 4 atom stereocenters. The molecule has 8 rings (SSSR count). The zero-order chi connectivity index (χ0) is 31.6. The molecule has 1 N–H and O–H groups in total. The highest BCUT2D eigenvalue weighted by molar-refractivity contribution is 14.1. The molecule has 4 saturated heterocycles. The van der Waals surface area contributed by atoms with Gasteiger partial charge in [-0.05, 0) is 63.6 Å². The van der Waals surface area contributed by atoms with Crippen molar-refractivity contribution in [3.05, 3.63) is 53.7 Å². The van der Waals surface area contributed by atoms with Crippen molar-refractivity contribution in [3.63, 3.8) is 0 Å². The van der Waals surface area contributed by atoms with Crippen LogP contribution in [0, 0.1) is 24.0 Å². The summed E-state index contributed by atoms with van der Waals surface area (Å²) in [5.41, 5.74) is 0.651. The number of nitrogens with one attached hydrogen (secondary N) is 1. The summed E-state index contributed by atoms with van der Waals surface area (Å²) >= 11 is 2.36. The van der Waals surface area contributed by atoms with E-state index in [0.717, 1.165) is 64.7 Å². The van der Waals surface area contributed by atoms with E-state index < -0.39 is 11.6 Å². The first-order valence-electron chi connectivity index (χ1n) is 16.2. The van der Waals surface area contributed by atoms with Crippen LogP contribution in [0.25, 0.3) is 32.9 Å². The lowest BCUT2D eigenvalue weighted by atomic mass is 9.95. The van der Waals surface area contributed by atoms with Crippen LogP contribution < -0.4 is 15.0 Å². The summed E-state index contributed by atoms with van der Waals surface area (Å²) < 4.78 is 40.4. The van der Waals surface area contributed by atoms with Gasteiger partial charge >= 0.3 is 6.01 Å². The number of hydrogen-bond donors (Lipinski definition) is 1. The van der Waals surface area contributed by atoms with Gasteiger partial charge in [0.2, 0.25) is 0 Å². The fraction of sp³-hybridized carbons (Fsp3) is 0.457. The monoisotopic (exact) mass is 735 g/mol. The number of fused-ring (bicyclic) bond motifs is 5. The molecule has 46 heavy (non-hydrogen) atoms. The molecule has 2 unspecified atom stereocenters. The van der Waals surface area contributed by atoms with Crippen LogP contribution in [-0.2, 0) is 0 Å². The van der Waals surface area contributed by atoms with Crippen molar-refractivity contribution in [2.75, 3.05) is 44.7 Å². The van der Waals surface area contributed by atoms with Crippen LogP contribution in [0.5, 0.6) is 6.01 Å². The number of likely N-dealkylation sites (N-methyl/N-ethyl adjacent to an activating group) is 1. The summed E-state index contributed by atoms with van der Waals surface area (Å²) in [6.07, 6.45) is 14.0. The largest absolute Gasteiger partial charge is 0.461 e. The highest BCUT2D eigenvalue weighted by Crippen LogP contribution is 2.43. The lowest BCUT2D eigenvalue weighted by Crippen LogP contribution is -2.51. The third kappa shape index (κ3) is 5.09. The van der Waals surface area contributed by atoms with E-state index in [1.807, 2.05) is 6.07 Å². The number of halogens is 3. The number of nitrogens with zero attached hydrogens (tertiary/aromatic N) is 6. The maximum atomic E-state index is 16.8. The minimum Gasteiger partial charge on any atom is -0.461 e. The molecule has 0 radical (unpaired) electrons. The van der Waals surface area contributed by atoms with Crippen LogP contribution in [-0.4, -0.2) is 86.5 Å². The van der Waals surface area contributed by atoms with Crippen LogP contribution in [0.15, 0.2) is 36.5 Å². The van der Waals surface area contributed by atoms with Crippen molar-refractivity contribution >= 4 is 50.4 Å². The minimum atomic E-state index is -0.601. The lowest BCUT2D eigenvalue weighted by molar-refractivity contribution is 0.0818. The topological polar surface area (TPSA) is 69.7 Å². The summed E-state index contributed by atoms with van der Waals surface area (Å²) in [6, 6.07) is 9.73. The van der Waals surface area contributed by atoms with Crippen LogP contribution in [0.3, 0.4) is 0 Å². The maximum absolute atomic E-state index is 16.8. The van der Waals surface area contributed by atoms with E-state index in [9.17, 15) is 4.39 Å². The molecule has 0 amide bonds. The van der Waals surface area contributed by atoms with Crippen LogP contribution in [0.4, 0.5) is 14.6 Å².